The van der Waals surface area contributed by atoms with Gasteiger partial charge in [0, 0.05) is 30.5 Å². The third kappa shape index (κ3) is 5.15. The van der Waals surface area contributed by atoms with Gasteiger partial charge in [0.1, 0.15) is 0 Å². The maximum Gasteiger partial charge on any atom is 0.221 e. The van der Waals surface area contributed by atoms with E-state index in [1.807, 2.05) is 42.1 Å². The van der Waals surface area contributed by atoms with Crippen molar-refractivity contribution >= 4 is 17.7 Å². The molecule has 20 heavy (non-hydrogen) atoms. The smallest absolute Gasteiger partial charge is 0.221 e. The van der Waals surface area contributed by atoms with Crippen LogP contribution in [0.3, 0.4) is 0 Å². The minimum Gasteiger partial charge on any atom is -0.394 e. The number of aliphatic hydroxyl groups excluding tert-OH is 1. The van der Waals surface area contributed by atoms with Gasteiger partial charge in [-0.05, 0) is 12.0 Å². The summed E-state index contributed by atoms with van der Waals surface area (Å²) >= 11 is 1.88. The Kier molecular flexibility index (Phi) is 6.36. The van der Waals surface area contributed by atoms with Crippen LogP contribution >= 0.6 is 11.8 Å². The molecule has 1 aliphatic rings. The van der Waals surface area contributed by atoms with Gasteiger partial charge in [-0.3, -0.25) is 4.79 Å². The summed E-state index contributed by atoms with van der Waals surface area (Å²) in [5.41, 5.74) is 1.12. The van der Waals surface area contributed by atoms with Gasteiger partial charge < -0.3 is 15.7 Å². The molecule has 1 heterocycles. The Labute approximate surface area is 124 Å². The highest BCUT2D eigenvalue weighted by Gasteiger charge is 2.18. The molecule has 0 saturated carbocycles. The van der Waals surface area contributed by atoms with Crippen LogP contribution in [-0.2, 0) is 11.2 Å². The SMILES string of the molecule is O=C(CC1CSCCN1)NC(CO)Cc1ccccc1. The maximum absolute atomic E-state index is 12.0. The predicted octanol–water partition coefficient (Wildman–Crippen LogP) is 0.801. The maximum atomic E-state index is 12.0. The van der Waals surface area contributed by atoms with E-state index in [9.17, 15) is 9.90 Å². The van der Waals surface area contributed by atoms with Crippen LogP contribution in [0.2, 0.25) is 0 Å². The molecule has 5 heteroatoms. The topological polar surface area (TPSA) is 61.4 Å². The lowest BCUT2D eigenvalue weighted by Crippen LogP contribution is -2.45. The van der Waals surface area contributed by atoms with E-state index in [-0.39, 0.29) is 24.6 Å². The number of thioether (sulfide) groups is 1. The molecule has 0 bridgehead atoms. The Balaban J connectivity index is 1.78. The lowest BCUT2D eigenvalue weighted by molar-refractivity contribution is -0.122. The average Bonchev–Trinajstić information content (AvgIpc) is 2.48. The van der Waals surface area contributed by atoms with Gasteiger partial charge >= 0.3 is 0 Å². The van der Waals surface area contributed by atoms with Gasteiger partial charge in [0.05, 0.1) is 12.6 Å². The molecule has 0 aliphatic carbocycles. The van der Waals surface area contributed by atoms with E-state index in [1.54, 1.807) is 0 Å². The Hall–Kier alpha value is -1.04. The van der Waals surface area contributed by atoms with Gasteiger partial charge in [-0.1, -0.05) is 30.3 Å². The van der Waals surface area contributed by atoms with E-state index in [2.05, 4.69) is 10.6 Å². The largest absolute Gasteiger partial charge is 0.394 e. The van der Waals surface area contributed by atoms with Crippen molar-refractivity contribution in [2.75, 3.05) is 24.7 Å². The fourth-order valence-corrected chi connectivity index (χ4v) is 3.27. The number of carbonyl (C=O) groups excluding carboxylic acids is 1. The van der Waals surface area contributed by atoms with Gasteiger partial charge in [0.15, 0.2) is 0 Å². The molecule has 1 aliphatic heterocycles. The summed E-state index contributed by atoms with van der Waals surface area (Å²) in [6.45, 7) is 0.934. The quantitative estimate of drug-likeness (QED) is 0.726. The van der Waals surface area contributed by atoms with E-state index in [0.29, 0.717) is 12.8 Å². The van der Waals surface area contributed by atoms with Crippen molar-refractivity contribution in [3.63, 3.8) is 0 Å². The molecule has 1 aromatic rings. The number of aliphatic hydroxyl groups is 1. The molecule has 1 amide bonds. The summed E-state index contributed by atoms with van der Waals surface area (Å²) in [7, 11) is 0. The zero-order valence-electron chi connectivity index (χ0n) is 11.5. The molecular weight excluding hydrogens is 272 g/mol. The zero-order chi connectivity index (χ0) is 14.2. The molecule has 110 valence electrons. The van der Waals surface area contributed by atoms with Crippen molar-refractivity contribution in [3.05, 3.63) is 35.9 Å². The molecule has 2 rings (SSSR count). The fraction of sp³-hybridized carbons (Fsp3) is 0.533. The van der Waals surface area contributed by atoms with Crippen LogP contribution in [0.5, 0.6) is 0 Å². The molecule has 1 fully saturated rings. The van der Waals surface area contributed by atoms with Crippen molar-refractivity contribution in [3.8, 4) is 0 Å². The third-order valence-electron chi connectivity index (χ3n) is 3.34. The number of amides is 1. The first kappa shape index (κ1) is 15.4. The van der Waals surface area contributed by atoms with E-state index in [1.165, 1.54) is 0 Å². The number of hydrogen-bond acceptors (Lipinski definition) is 4. The number of rotatable bonds is 6. The van der Waals surface area contributed by atoms with Crippen LogP contribution in [0.25, 0.3) is 0 Å². The summed E-state index contributed by atoms with van der Waals surface area (Å²) in [4.78, 5) is 12.0. The second kappa shape index (κ2) is 8.29. The van der Waals surface area contributed by atoms with Crippen LogP contribution in [0.4, 0.5) is 0 Å². The molecule has 2 unspecified atom stereocenters. The lowest BCUT2D eigenvalue weighted by Gasteiger charge is -2.24. The van der Waals surface area contributed by atoms with Crippen LogP contribution in [0.1, 0.15) is 12.0 Å². The van der Waals surface area contributed by atoms with Gasteiger partial charge in [-0.15, -0.1) is 0 Å². The van der Waals surface area contributed by atoms with Crippen molar-refractivity contribution in [1.82, 2.24) is 10.6 Å². The molecule has 3 N–H and O–H groups in total. The molecule has 0 spiro atoms. The summed E-state index contributed by atoms with van der Waals surface area (Å²) in [6, 6.07) is 9.96. The molecule has 1 saturated heterocycles. The van der Waals surface area contributed by atoms with Crippen molar-refractivity contribution in [1.29, 1.82) is 0 Å². The zero-order valence-corrected chi connectivity index (χ0v) is 12.4. The van der Waals surface area contributed by atoms with E-state index in [0.717, 1.165) is 23.6 Å². The van der Waals surface area contributed by atoms with E-state index < -0.39 is 0 Å². The minimum atomic E-state index is -0.207. The van der Waals surface area contributed by atoms with Crippen molar-refractivity contribution in [2.24, 2.45) is 0 Å². The first-order valence-electron chi connectivity index (χ1n) is 7.03. The molecule has 0 radical (unpaired) electrons. The molecule has 2 atom stereocenters. The first-order chi connectivity index (χ1) is 9.78. The monoisotopic (exact) mass is 294 g/mol. The highest BCUT2D eigenvalue weighted by atomic mass is 32.2. The second-order valence-corrected chi connectivity index (χ2v) is 6.22. The summed E-state index contributed by atoms with van der Waals surface area (Å²) in [6.07, 6.45) is 1.15. The molecule has 0 aromatic heterocycles. The normalized spacial score (nSPS) is 20.4. The summed E-state index contributed by atoms with van der Waals surface area (Å²) in [5, 5.41) is 15.7. The molecule has 1 aromatic carbocycles. The average molecular weight is 294 g/mol. The van der Waals surface area contributed by atoms with Crippen molar-refractivity contribution < 1.29 is 9.90 Å². The fourth-order valence-electron chi connectivity index (χ4n) is 2.32. The molecular formula is C15H22N2O2S. The van der Waals surface area contributed by atoms with E-state index in [4.69, 9.17) is 0 Å². The second-order valence-electron chi connectivity index (χ2n) is 5.07. The van der Waals surface area contributed by atoms with Gasteiger partial charge in [0.2, 0.25) is 5.91 Å². The van der Waals surface area contributed by atoms with E-state index >= 15 is 0 Å². The first-order valence-corrected chi connectivity index (χ1v) is 8.18. The van der Waals surface area contributed by atoms with Gasteiger partial charge in [0.25, 0.3) is 0 Å². The number of nitrogens with one attached hydrogen (secondary N) is 2. The van der Waals surface area contributed by atoms with Gasteiger partial charge in [-0.25, -0.2) is 0 Å². The van der Waals surface area contributed by atoms with Crippen LogP contribution in [0.15, 0.2) is 30.3 Å². The number of hydrogen-bond donors (Lipinski definition) is 3. The minimum absolute atomic E-state index is 0.0139. The van der Waals surface area contributed by atoms with Crippen LogP contribution in [0, 0.1) is 0 Å². The lowest BCUT2D eigenvalue weighted by atomic mass is 10.1. The third-order valence-corrected chi connectivity index (χ3v) is 4.47. The summed E-state index contributed by atoms with van der Waals surface area (Å²) < 4.78 is 0. The van der Waals surface area contributed by atoms with Gasteiger partial charge in [-0.2, -0.15) is 11.8 Å². The Bertz CT molecular complexity index is 408. The Morgan fingerprint density at radius 1 is 1.45 bits per heavy atom. The van der Waals surface area contributed by atoms with Crippen molar-refractivity contribution in [2.45, 2.75) is 24.9 Å². The summed E-state index contributed by atoms with van der Waals surface area (Å²) in [5.74, 6) is 2.11. The standard InChI is InChI=1S/C15H22N2O2S/c18-10-13(8-12-4-2-1-3-5-12)17-15(19)9-14-11-20-7-6-16-14/h1-5,13-14,16,18H,6-11H2,(H,17,19). The molecule has 4 nitrogen and oxygen atoms in total. The van der Waals surface area contributed by atoms with Crippen LogP contribution in [-0.4, -0.2) is 47.8 Å². The highest BCUT2D eigenvalue weighted by molar-refractivity contribution is 7.99. The number of benzene rings is 1. The highest BCUT2D eigenvalue weighted by Crippen LogP contribution is 2.10. The number of carbonyl (C=O) groups is 1. The predicted molar refractivity (Wildman–Crippen MR) is 82.9 cm³/mol. The van der Waals surface area contributed by atoms with Crippen LogP contribution < -0.4 is 10.6 Å². The Morgan fingerprint density at radius 3 is 2.90 bits per heavy atom. The Morgan fingerprint density at radius 2 is 2.25 bits per heavy atom.